The fourth-order valence-electron chi connectivity index (χ4n) is 3.65. The van der Waals surface area contributed by atoms with Crippen LogP contribution in [0.4, 0.5) is 0 Å². The summed E-state index contributed by atoms with van der Waals surface area (Å²) in [6.45, 7) is 2.16. The molecule has 1 heteroatoms. The van der Waals surface area contributed by atoms with Crippen molar-refractivity contribution in [1.82, 2.24) is 0 Å². The third-order valence-electron chi connectivity index (χ3n) is 4.82. The Morgan fingerprint density at radius 3 is 2.33 bits per heavy atom. The first-order valence-corrected chi connectivity index (χ1v) is 8.22. The fourth-order valence-corrected chi connectivity index (χ4v) is 3.65. The van der Waals surface area contributed by atoms with Crippen LogP contribution in [0, 0.1) is 6.92 Å². The molecule has 0 aliphatic carbocycles. The minimum absolute atomic E-state index is 0.946. The van der Waals surface area contributed by atoms with Gasteiger partial charge in [-0.25, -0.2) is 0 Å². The number of aryl methyl sites for hydroxylation is 1. The highest BCUT2D eigenvalue weighted by molar-refractivity contribution is 6.19. The maximum Gasteiger partial charge on any atom is 0.143 e. The summed E-state index contributed by atoms with van der Waals surface area (Å²) in [5, 5.41) is 4.76. The van der Waals surface area contributed by atoms with Gasteiger partial charge in [0.15, 0.2) is 0 Å². The topological polar surface area (TPSA) is 13.1 Å². The molecule has 0 saturated heterocycles. The predicted octanol–water partition coefficient (Wildman–Crippen LogP) is 6.71. The summed E-state index contributed by atoms with van der Waals surface area (Å²) >= 11 is 0. The molecule has 5 rings (SSSR count). The highest BCUT2D eigenvalue weighted by Crippen LogP contribution is 2.39. The molecule has 0 saturated carbocycles. The van der Waals surface area contributed by atoms with Gasteiger partial charge in [0, 0.05) is 16.2 Å². The Bertz CT molecular complexity index is 1210. The van der Waals surface area contributed by atoms with Gasteiger partial charge in [0.25, 0.3) is 0 Å². The van der Waals surface area contributed by atoms with E-state index in [0.717, 1.165) is 11.2 Å². The predicted molar refractivity (Wildman–Crippen MR) is 101 cm³/mol. The molecule has 0 aliphatic heterocycles. The van der Waals surface area contributed by atoms with Crippen LogP contribution in [0.1, 0.15) is 5.56 Å². The zero-order valence-electron chi connectivity index (χ0n) is 13.4. The van der Waals surface area contributed by atoms with E-state index in [2.05, 4.69) is 85.8 Å². The van der Waals surface area contributed by atoms with E-state index in [1.165, 1.54) is 38.2 Å². The Labute approximate surface area is 140 Å². The average molecular weight is 308 g/mol. The maximum absolute atomic E-state index is 6.27. The summed E-state index contributed by atoms with van der Waals surface area (Å²) in [6.07, 6.45) is 0. The lowest BCUT2D eigenvalue weighted by molar-refractivity contribution is 0.673. The summed E-state index contributed by atoms with van der Waals surface area (Å²) < 4.78 is 6.27. The number of hydrogen-bond acceptors (Lipinski definition) is 1. The van der Waals surface area contributed by atoms with Gasteiger partial charge >= 0.3 is 0 Å². The summed E-state index contributed by atoms with van der Waals surface area (Å²) in [7, 11) is 0. The Morgan fingerprint density at radius 2 is 1.42 bits per heavy atom. The molecule has 1 nitrogen and oxygen atoms in total. The molecule has 0 fully saturated rings. The van der Waals surface area contributed by atoms with Crippen molar-refractivity contribution in [3.05, 3.63) is 84.4 Å². The van der Waals surface area contributed by atoms with Crippen LogP contribution in [0.25, 0.3) is 43.8 Å². The lowest BCUT2D eigenvalue weighted by atomic mass is 9.95. The smallest absolute Gasteiger partial charge is 0.143 e. The molecule has 1 aromatic heterocycles. The summed E-state index contributed by atoms with van der Waals surface area (Å²) in [5.41, 5.74) is 5.70. The van der Waals surface area contributed by atoms with Crippen LogP contribution in [0.5, 0.6) is 0 Å². The van der Waals surface area contributed by atoms with Crippen LogP contribution in [0.3, 0.4) is 0 Å². The van der Waals surface area contributed by atoms with Crippen molar-refractivity contribution in [2.75, 3.05) is 0 Å². The van der Waals surface area contributed by atoms with Crippen LogP contribution in [0.15, 0.2) is 83.3 Å². The van der Waals surface area contributed by atoms with Crippen LogP contribution in [0.2, 0.25) is 0 Å². The molecule has 0 radical (unpaired) electrons. The van der Waals surface area contributed by atoms with Gasteiger partial charge in [0.2, 0.25) is 0 Å². The van der Waals surface area contributed by atoms with Crippen molar-refractivity contribution in [1.29, 1.82) is 0 Å². The molecule has 5 aromatic rings. The normalized spacial score (nSPS) is 11.5. The molecule has 0 bridgehead atoms. The van der Waals surface area contributed by atoms with E-state index in [4.69, 9.17) is 4.42 Å². The lowest BCUT2D eigenvalue weighted by Crippen LogP contribution is -1.83. The Balaban J connectivity index is 1.97. The van der Waals surface area contributed by atoms with Gasteiger partial charge in [-0.3, -0.25) is 0 Å². The van der Waals surface area contributed by atoms with Crippen LogP contribution in [-0.4, -0.2) is 0 Å². The largest absolute Gasteiger partial charge is 0.455 e. The van der Waals surface area contributed by atoms with Gasteiger partial charge in [0.05, 0.1) is 0 Å². The standard InChI is InChI=1S/C23H16O/c1-15-7-2-4-9-17(15)19-11-6-12-21-22(19)20-14-13-16-8-3-5-10-18(16)23(20)24-21/h2-14H,1H3. The second kappa shape index (κ2) is 4.97. The Kier molecular flexibility index (Phi) is 2.77. The second-order valence-electron chi connectivity index (χ2n) is 6.26. The second-order valence-corrected chi connectivity index (χ2v) is 6.26. The van der Waals surface area contributed by atoms with Gasteiger partial charge in [-0.1, -0.05) is 66.7 Å². The van der Waals surface area contributed by atoms with Crippen molar-refractivity contribution in [3.8, 4) is 11.1 Å². The zero-order valence-corrected chi connectivity index (χ0v) is 13.4. The first-order chi connectivity index (χ1) is 11.8. The summed E-state index contributed by atoms with van der Waals surface area (Å²) in [5.74, 6) is 0. The number of rotatable bonds is 1. The van der Waals surface area contributed by atoms with E-state index in [1.807, 2.05) is 0 Å². The summed E-state index contributed by atoms with van der Waals surface area (Å²) in [6, 6.07) is 27.6. The highest BCUT2D eigenvalue weighted by atomic mass is 16.3. The van der Waals surface area contributed by atoms with Crippen molar-refractivity contribution in [2.24, 2.45) is 0 Å². The molecular formula is C23H16O. The molecule has 1 heterocycles. The average Bonchev–Trinajstić information content (AvgIpc) is 3.01. The molecular weight excluding hydrogens is 292 g/mol. The van der Waals surface area contributed by atoms with Gasteiger partial charge in [-0.2, -0.15) is 0 Å². The van der Waals surface area contributed by atoms with Gasteiger partial charge in [0.1, 0.15) is 11.2 Å². The molecule has 0 atom stereocenters. The van der Waals surface area contributed by atoms with E-state index in [-0.39, 0.29) is 0 Å². The van der Waals surface area contributed by atoms with Gasteiger partial charge < -0.3 is 4.42 Å². The van der Waals surface area contributed by atoms with E-state index in [1.54, 1.807) is 0 Å². The molecule has 0 spiro atoms. The van der Waals surface area contributed by atoms with Crippen molar-refractivity contribution >= 4 is 32.7 Å². The molecule has 0 unspecified atom stereocenters. The van der Waals surface area contributed by atoms with E-state index in [9.17, 15) is 0 Å². The highest BCUT2D eigenvalue weighted by Gasteiger charge is 2.14. The number of benzene rings is 4. The van der Waals surface area contributed by atoms with Gasteiger partial charge in [-0.15, -0.1) is 0 Å². The fraction of sp³-hybridized carbons (Fsp3) is 0.0435. The maximum atomic E-state index is 6.27. The summed E-state index contributed by atoms with van der Waals surface area (Å²) in [4.78, 5) is 0. The molecule has 114 valence electrons. The number of hydrogen-bond donors (Lipinski definition) is 0. The van der Waals surface area contributed by atoms with Crippen LogP contribution >= 0.6 is 0 Å². The van der Waals surface area contributed by atoms with Crippen LogP contribution in [-0.2, 0) is 0 Å². The molecule has 0 N–H and O–H groups in total. The lowest BCUT2D eigenvalue weighted by Gasteiger charge is -2.07. The third-order valence-corrected chi connectivity index (χ3v) is 4.82. The minimum atomic E-state index is 0.946. The first-order valence-electron chi connectivity index (χ1n) is 8.22. The Morgan fingerprint density at radius 1 is 0.625 bits per heavy atom. The Hall–Kier alpha value is -3.06. The zero-order chi connectivity index (χ0) is 16.1. The van der Waals surface area contributed by atoms with Crippen molar-refractivity contribution in [2.45, 2.75) is 6.92 Å². The SMILES string of the molecule is Cc1ccccc1-c1cccc2oc3c4ccccc4ccc3c12. The molecule has 24 heavy (non-hydrogen) atoms. The molecule has 0 amide bonds. The number of furan rings is 1. The van der Waals surface area contributed by atoms with Crippen molar-refractivity contribution < 1.29 is 4.42 Å². The molecule has 4 aromatic carbocycles. The minimum Gasteiger partial charge on any atom is -0.455 e. The van der Waals surface area contributed by atoms with E-state index >= 15 is 0 Å². The monoisotopic (exact) mass is 308 g/mol. The first kappa shape index (κ1) is 13.4. The van der Waals surface area contributed by atoms with Gasteiger partial charge in [-0.05, 0) is 41.1 Å². The molecule has 0 aliphatic rings. The quantitative estimate of drug-likeness (QED) is 0.335. The van der Waals surface area contributed by atoms with E-state index in [0.29, 0.717) is 0 Å². The van der Waals surface area contributed by atoms with Crippen molar-refractivity contribution in [3.63, 3.8) is 0 Å². The van der Waals surface area contributed by atoms with E-state index < -0.39 is 0 Å². The van der Waals surface area contributed by atoms with Crippen LogP contribution < -0.4 is 0 Å². The third kappa shape index (κ3) is 1.82. The number of fused-ring (bicyclic) bond motifs is 5.